The predicted octanol–water partition coefficient (Wildman–Crippen LogP) is 3.84. The SMILES string of the molecule is COc1ccc2c(c1)CC[C@](CNc1ccccc1)(C(=O)NC(C)(C)C)C2=O. The van der Waals surface area contributed by atoms with Gasteiger partial charge in [-0.15, -0.1) is 0 Å². The Morgan fingerprint density at radius 2 is 1.86 bits per heavy atom. The van der Waals surface area contributed by atoms with Crippen molar-refractivity contribution in [3.8, 4) is 5.75 Å². The second-order valence-electron chi connectivity index (χ2n) is 8.36. The van der Waals surface area contributed by atoms with E-state index >= 15 is 0 Å². The van der Waals surface area contributed by atoms with Crippen molar-refractivity contribution in [2.45, 2.75) is 39.2 Å². The number of ether oxygens (including phenoxy) is 1. The highest BCUT2D eigenvalue weighted by molar-refractivity contribution is 6.16. The first-order valence-corrected chi connectivity index (χ1v) is 9.58. The van der Waals surface area contributed by atoms with Crippen LogP contribution in [-0.2, 0) is 11.2 Å². The number of benzene rings is 2. The van der Waals surface area contributed by atoms with Crippen molar-refractivity contribution in [2.75, 3.05) is 19.0 Å². The zero-order valence-electron chi connectivity index (χ0n) is 17.0. The Morgan fingerprint density at radius 3 is 2.50 bits per heavy atom. The third-order valence-corrected chi connectivity index (χ3v) is 5.10. The molecule has 1 aliphatic carbocycles. The minimum Gasteiger partial charge on any atom is -0.497 e. The smallest absolute Gasteiger partial charge is 0.236 e. The molecule has 5 heteroatoms. The lowest BCUT2D eigenvalue weighted by Gasteiger charge is -2.38. The molecule has 2 aromatic carbocycles. The van der Waals surface area contributed by atoms with Crippen LogP contribution in [0.4, 0.5) is 5.69 Å². The van der Waals surface area contributed by atoms with E-state index in [1.807, 2.05) is 57.2 Å². The fourth-order valence-electron chi connectivity index (χ4n) is 3.58. The molecule has 0 fully saturated rings. The minimum atomic E-state index is -1.15. The fraction of sp³-hybridized carbons (Fsp3) is 0.391. The first-order valence-electron chi connectivity index (χ1n) is 9.58. The summed E-state index contributed by atoms with van der Waals surface area (Å²) in [4.78, 5) is 26.8. The Labute approximate surface area is 166 Å². The second kappa shape index (κ2) is 7.66. The van der Waals surface area contributed by atoms with Gasteiger partial charge in [0, 0.05) is 23.3 Å². The van der Waals surface area contributed by atoms with E-state index in [9.17, 15) is 9.59 Å². The molecule has 0 saturated heterocycles. The van der Waals surface area contributed by atoms with Gasteiger partial charge in [0.1, 0.15) is 11.2 Å². The number of nitrogens with one attached hydrogen (secondary N) is 2. The van der Waals surface area contributed by atoms with Gasteiger partial charge in [-0.2, -0.15) is 0 Å². The number of amides is 1. The maximum atomic E-state index is 13.5. The van der Waals surface area contributed by atoms with Crippen molar-refractivity contribution < 1.29 is 14.3 Å². The van der Waals surface area contributed by atoms with E-state index in [1.54, 1.807) is 19.2 Å². The van der Waals surface area contributed by atoms with Gasteiger partial charge in [0.05, 0.1) is 7.11 Å². The molecule has 0 radical (unpaired) electrons. The van der Waals surface area contributed by atoms with Crippen LogP contribution in [0, 0.1) is 5.41 Å². The molecule has 0 aromatic heterocycles. The van der Waals surface area contributed by atoms with Crippen LogP contribution in [0.3, 0.4) is 0 Å². The Balaban J connectivity index is 1.96. The highest BCUT2D eigenvalue weighted by Gasteiger charge is 2.49. The molecule has 5 nitrogen and oxygen atoms in total. The topological polar surface area (TPSA) is 67.4 Å². The van der Waals surface area contributed by atoms with Crippen molar-refractivity contribution >= 4 is 17.4 Å². The number of carbonyl (C=O) groups excluding carboxylic acids is 2. The average Bonchev–Trinajstić information content (AvgIpc) is 2.67. The number of anilines is 1. The van der Waals surface area contributed by atoms with Crippen molar-refractivity contribution in [3.05, 3.63) is 59.7 Å². The molecule has 2 N–H and O–H groups in total. The van der Waals surface area contributed by atoms with E-state index in [0.717, 1.165) is 17.0 Å². The number of hydrogen-bond acceptors (Lipinski definition) is 4. The molecule has 0 aliphatic heterocycles. The fourth-order valence-corrected chi connectivity index (χ4v) is 3.58. The molecule has 1 amide bonds. The lowest BCUT2D eigenvalue weighted by Crippen LogP contribution is -2.56. The summed E-state index contributed by atoms with van der Waals surface area (Å²) in [6.07, 6.45) is 1.10. The molecule has 0 spiro atoms. The van der Waals surface area contributed by atoms with Crippen molar-refractivity contribution in [1.29, 1.82) is 0 Å². The van der Waals surface area contributed by atoms with Gasteiger partial charge in [0.2, 0.25) is 5.91 Å². The van der Waals surface area contributed by atoms with Crippen LogP contribution in [-0.4, -0.2) is 30.9 Å². The first kappa shape index (κ1) is 19.9. The summed E-state index contributed by atoms with van der Waals surface area (Å²) in [5.74, 6) is 0.358. The molecule has 2 aromatic rings. The van der Waals surface area contributed by atoms with Crippen LogP contribution >= 0.6 is 0 Å². The number of rotatable bonds is 5. The van der Waals surface area contributed by atoms with Gasteiger partial charge >= 0.3 is 0 Å². The molecule has 0 unspecified atom stereocenters. The quantitative estimate of drug-likeness (QED) is 0.774. The zero-order chi connectivity index (χ0) is 20.4. The number of carbonyl (C=O) groups is 2. The zero-order valence-corrected chi connectivity index (χ0v) is 17.0. The molecule has 28 heavy (non-hydrogen) atoms. The maximum Gasteiger partial charge on any atom is 0.236 e. The van der Waals surface area contributed by atoms with Gasteiger partial charge in [-0.3, -0.25) is 9.59 Å². The van der Waals surface area contributed by atoms with Gasteiger partial charge in [0.25, 0.3) is 0 Å². The van der Waals surface area contributed by atoms with E-state index in [4.69, 9.17) is 4.74 Å². The van der Waals surface area contributed by atoms with Crippen LogP contribution in [0.1, 0.15) is 43.1 Å². The molecule has 0 heterocycles. The van der Waals surface area contributed by atoms with Crippen LogP contribution in [0.15, 0.2) is 48.5 Å². The summed E-state index contributed by atoms with van der Waals surface area (Å²) in [5.41, 5.74) is 0.857. The number of fused-ring (bicyclic) bond motifs is 1. The van der Waals surface area contributed by atoms with Gasteiger partial charge in [-0.05, 0) is 69.5 Å². The number of Topliss-reactive ketones (excluding diaryl/α,β-unsaturated/α-hetero) is 1. The van der Waals surface area contributed by atoms with E-state index in [-0.39, 0.29) is 18.2 Å². The van der Waals surface area contributed by atoms with Gasteiger partial charge in [-0.25, -0.2) is 0 Å². The van der Waals surface area contributed by atoms with Crippen LogP contribution in [0.2, 0.25) is 0 Å². The Morgan fingerprint density at radius 1 is 1.14 bits per heavy atom. The lowest BCUT2D eigenvalue weighted by atomic mass is 9.69. The van der Waals surface area contributed by atoms with Crippen LogP contribution in [0.5, 0.6) is 5.75 Å². The highest BCUT2D eigenvalue weighted by atomic mass is 16.5. The molecule has 1 atom stereocenters. The summed E-state index contributed by atoms with van der Waals surface area (Å²) >= 11 is 0. The summed E-state index contributed by atoms with van der Waals surface area (Å²) < 4.78 is 5.28. The van der Waals surface area contributed by atoms with Gasteiger partial charge in [-0.1, -0.05) is 18.2 Å². The van der Waals surface area contributed by atoms with Crippen LogP contribution in [0.25, 0.3) is 0 Å². The highest BCUT2D eigenvalue weighted by Crippen LogP contribution is 2.38. The van der Waals surface area contributed by atoms with Crippen molar-refractivity contribution in [3.63, 3.8) is 0 Å². The first-order chi connectivity index (χ1) is 13.2. The molecule has 0 saturated carbocycles. The molecule has 1 aliphatic rings. The van der Waals surface area contributed by atoms with Crippen molar-refractivity contribution in [2.24, 2.45) is 5.41 Å². The summed E-state index contributed by atoms with van der Waals surface area (Å²) in [5, 5.41) is 6.32. The van der Waals surface area contributed by atoms with E-state index in [1.165, 1.54) is 0 Å². The minimum absolute atomic E-state index is 0.137. The Hall–Kier alpha value is -2.82. The van der Waals surface area contributed by atoms with Gasteiger partial charge < -0.3 is 15.4 Å². The van der Waals surface area contributed by atoms with Gasteiger partial charge in [0.15, 0.2) is 5.78 Å². The Kier molecular flexibility index (Phi) is 5.45. The summed E-state index contributed by atoms with van der Waals surface area (Å²) in [7, 11) is 1.61. The Bertz CT molecular complexity index is 871. The second-order valence-corrected chi connectivity index (χ2v) is 8.36. The number of methoxy groups -OCH3 is 1. The predicted molar refractivity (Wildman–Crippen MR) is 111 cm³/mol. The number of para-hydroxylation sites is 1. The maximum absolute atomic E-state index is 13.5. The normalized spacial score (nSPS) is 18.9. The standard InChI is InChI=1S/C23H28N2O3/c1-22(2,3)25-21(27)23(15-24-17-8-6-5-7-9-17)13-12-16-14-18(28-4)10-11-19(16)20(23)26/h5-11,14,24H,12-13,15H2,1-4H3,(H,25,27)/t23-/m1/s1. The number of ketones is 1. The van der Waals surface area contributed by atoms with Crippen LogP contribution < -0.4 is 15.4 Å². The van der Waals surface area contributed by atoms with E-state index in [2.05, 4.69) is 10.6 Å². The van der Waals surface area contributed by atoms with E-state index < -0.39 is 11.0 Å². The molecule has 0 bridgehead atoms. The number of hydrogen-bond donors (Lipinski definition) is 2. The number of aryl methyl sites for hydroxylation is 1. The monoisotopic (exact) mass is 380 g/mol. The van der Waals surface area contributed by atoms with E-state index in [0.29, 0.717) is 18.4 Å². The molecular formula is C23H28N2O3. The third kappa shape index (κ3) is 4.03. The molecule has 148 valence electrons. The average molecular weight is 380 g/mol. The third-order valence-electron chi connectivity index (χ3n) is 5.10. The lowest BCUT2D eigenvalue weighted by molar-refractivity contribution is -0.129. The summed E-state index contributed by atoms with van der Waals surface area (Å²) in [6.45, 7) is 6.03. The summed E-state index contributed by atoms with van der Waals surface area (Å²) in [6, 6.07) is 15.1. The molecule has 3 rings (SSSR count). The largest absolute Gasteiger partial charge is 0.497 e. The van der Waals surface area contributed by atoms with Crippen molar-refractivity contribution in [1.82, 2.24) is 5.32 Å². The molecular weight excluding hydrogens is 352 g/mol.